The Morgan fingerprint density at radius 1 is 1.53 bits per heavy atom. The number of alkyl halides is 3. The minimum Gasteiger partial charge on any atom is -0.370 e. The maximum Gasteiger partial charge on any atom is 0.411 e. The second-order valence-electron chi connectivity index (χ2n) is 5.00. The molecule has 1 fully saturated rings. The highest BCUT2D eigenvalue weighted by atomic mass is 19.4. The average Bonchev–Trinajstić information content (AvgIpc) is 2.77. The molecule has 0 radical (unpaired) electrons. The highest BCUT2D eigenvalue weighted by Gasteiger charge is 2.27. The van der Waals surface area contributed by atoms with Gasteiger partial charge < -0.3 is 15.4 Å². The zero-order chi connectivity index (χ0) is 14.3. The summed E-state index contributed by atoms with van der Waals surface area (Å²) in [7, 11) is 0. The lowest BCUT2D eigenvalue weighted by Crippen LogP contribution is -2.37. The molecule has 0 saturated carbocycles. The molecule has 0 aliphatic carbocycles. The van der Waals surface area contributed by atoms with E-state index in [1.165, 1.54) is 0 Å². The van der Waals surface area contributed by atoms with E-state index in [-0.39, 0.29) is 12.5 Å². The summed E-state index contributed by atoms with van der Waals surface area (Å²) in [5, 5.41) is 5.86. The number of hydrogen-bond donors (Lipinski definition) is 2. The first-order valence-corrected chi connectivity index (χ1v) is 6.51. The van der Waals surface area contributed by atoms with Gasteiger partial charge in [0, 0.05) is 12.5 Å². The fourth-order valence-corrected chi connectivity index (χ4v) is 2.04. The van der Waals surface area contributed by atoms with Crippen molar-refractivity contribution in [2.45, 2.75) is 38.4 Å². The van der Waals surface area contributed by atoms with Crippen molar-refractivity contribution >= 4 is 5.91 Å². The summed E-state index contributed by atoms with van der Waals surface area (Å²) in [6, 6.07) is -0.406. The SMILES string of the molecule is CC(COCC(F)(F)F)NC(=O)CCC1CCNC1. The zero-order valence-corrected chi connectivity index (χ0v) is 11.1. The van der Waals surface area contributed by atoms with Crippen LogP contribution in [0.15, 0.2) is 0 Å². The van der Waals surface area contributed by atoms with Gasteiger partial charge in [0.15, 0.2) is 0 Å². The Morgan fingerprint density at radius 2 is 2.26 bits per heavy atom. The lowest BCUT2D eigenvalue weighted by Gasteiger charge is -2.15. The standard InChI is InChI=1S/C12H21F3N2O2/c1-9(7-19-8-12(13,14)15)17-11(18)3-2-10-4-5-16-6-10/h9-10,16H,2-8H2,1H3,(H,17,18). The Balaban J connectivity index is 2.06. The topological polar surface area (TPSA) is 50.4 Å². The van der Waals surface area contributed by atoms with E-state index in [1.807, 2.05) is 0 Å². The molecule has 1 aliphatic heterocycles. The molecule has 0 aromatic carbocycles. The van der Waals surface area contributed by atoms with Gasteiger partial charge in [-0.1, -0.05) is 0 Å². The average molecular weight is 282 g/mol. The summed E-state index contributed by atoms with van der Waals surface area (Å²) < 4.78 is 40.0. The van der Waals surface area contributed by atoms with Crippen molar-refractivity contribution < 1.29 is 22.7 Å². The summed E-state index contributed by atoms with van der Waals surface area (Å²) in [5.74, 6) is 0.401. The van der Waals surface area contributed by atoms with Gasteiger partial charge >= 0.3 is 6.18 Å². The first kappa shape index (κ1) is 16.2. The molecule has 1 amide bonds. The van der Waals surface area contributed by atoms with E-state index in [1.54, 1.807) is 6.92 Å². The third kappa shape index (κ3) is 8.05. The largest absolute Gasteiger partial charge is 0.411 e. The van der Waals surface area contributed by atoms with Crippen LogP contribution in [0.25, 0.3) is 0 Å². The van der Waals surface area contributed by atoms with Gasteiger partial charge in [-0.2, -0.15) is 13.2 Å². The van der Waals surface area contributed by atoms with Gasteiger partial charge in [-0.3, -0.25) is 4.79 Å². The highest BCUT2D eigenvalue weighted by molar-refractivity contribution is 5.76. The fourth-order valence-electron chi connectivity index (χ4n) is 2.04. The minimum absolute atomic E-state index is 0.129. The first-order chi connectivity index (χ1) is 8.87. The number of ether oxygens (including phenoxy) is 1. The Bertz CT molecular complexity index is 279. The number of amides is 1. The Hall–Kier alpha value is -0.820. The van der Waals surface area contributed by atoms with Crippen molar-refractivity contribution in [2.24, 2.45) is 5.92 Å². The number of carbonyl (C=O) groups is 1. The van der Waals surface area contributed by atoms with Crippen molar-refractivity contribution in [3.05, 3.63) is 0 Å². The molecule has 0 bridgehead atoms. The second-order valence-corrected chi connectivity index (χ2v) is 5.00. The van der Waals surface area contributed by atoms with Crippen molar-refractivity contribution in [2.75, 3.05) is 26.3 Å². The maximum atomic E-state index is 11.8. The van der Waals surface area contributed by atoms with Crippen molar-refractivity contribution in [3.63, 3.8) is 0 Å². The van der Waals surface area contributed by atoms with Crippen LogP contribution < -0.4 is 10.6 Å². The van der Waals surface area contributed by atoms with Crippen LogP contribution in [0, 0.1) is 5.92 Å². The number of nitrogens with one attached hydrogen (secondary N) is 2. The van der Waals surface area contributed by atoms with Gasteiger partial charge in [-0.25, -0.2) is 0 Å². The molecule has 7 heteroatoms. The number of halogens is 3. The van der Waals surface area contributed by atoms with Crippen LogP contribution in [-0.4, -0.2) is 44.4 Å². The third-order valence-electron chi connectivity index (χ3n) is 2.98. The number of rotatable bonds is 7. The van der Waals surface area contributed by atoms with E-state index in [0.717, 1.165) is 25.9 Å². The van der Waals surface area contributed by atoms with Crippen LogP contribution >= 0.6 is 0 Å². The Labute approximate surface area is 111 Å². The summed E-state index contributed by atoms with van der Waals surface area (Å²) >= 11 is 0. The molecule has 1 rings (SSSR count). The second kappa shape index (κ2) is 7.69. The van der Waals surface area contributed by atoms with Gasteiger partial charge in [-0.05, 0) is 38.8 Å². The van der Waals surface area contributed by atoms with E-state index in [9.17, 15) is 18.0 Å². The molecule has 0 aromatic heterocycles. The molecule has 1 saturated heterocycles. The van der Waals surface area contributed by atoms with Crippen LogP contribution in [0.2, 0.25) is 0 Å². The molecule has 19 heavy (non-hydrogen) atoms. The quantitative estimate of drug-likeness (QED) is 0.743. The molecular formula is C12H21F3N2O2. The van der Waals surface area contributed by atoms with Gasteiger partial charge in [0.25, 0.3) is 0 Å². The maximum absolute atomic E-state index is 11.8. The van der Waals surface area contributed by atoms with E-state index >= 15 is 0 Å². The van der Waals surface area contributed by atoms with E-state index in [4.69, 9.17) is 0 Å². The summed E-state index contributed by atoms with van der Waals surface area (Å²) in [4.78, 5) is 11.6. The van der Waals surface area contributed by atoms with E-state index in [2.05, 4.69) is 15.4 Å². The number of carbonyl (C=O) groups excluding carboxylic acids is 1. The summed E-state index contributed by atoms with van der Waals surface area (Å²) in [6.45, 7) is 2.16. The molecule has 1 aliphatic rings. The lowest BCUT2D eigenvalue weighted by molar-refractivity contribution is -0.175. The van der Waals surface area contributed by atoms with Crippen LogP contribution in [-0.2, 0) is 9.53 Å². The summed E-state index contributed by atoms with van der Waals surface area (Å²) in [5.41, 5.74) is 0. The Kier molecular flexibility index (Phi) is 6.57. The van der Waals surface area contributed by atoms with Crippen molar-refractivity contribution in [1.29, 1.82) is 0 Å². The molecule has 2 N–H and O–H groups in total. The van der Waals surface area contributed by atoms with E-state index in [0.29, 0.717) is 12.3 Å². The van der Waals surface area contributed by atoms with E-state index < -0.39 is 18.8 Å². The molecule has 0 aromatic rings. The molecule has 0 spiro atoms. The normalized spacial score (nSPS) is 21.4. The lowest BCUT2D eigenvalue weighted by atomic mass is 10.0. The fraction of sp³-hybridized carbons (Fsp3) is 0.917. The molecule has 2 atom stereocenters. The highest BCUT2D eigenvalue weighted by Crippen LogP contribution is 2.15. The van der Waals surface area contributed by atoms with Crippen LogP contribution in [0.5, 0.6) is 0 Å². The molecule has 112 valence electrons. The van der Waals surface area contributed by atoms with Crippen LogP contribution in [0.4, 0.5) is 13.2 Å². The summed E-state index contributed by atoms with van der Waals surface area (Å²) in [6.07, 6.45) is -2.01. The monoisotopic (exact) mass is 282 g/mol. The Morgan fingerprint density at radius 3 is 2.84 bits per heavy atom. The number of hydrogen-bond acceptors (Lipinski definition) is 3. The van der Waals surface area contributed by atoms with Crippen LogP contribution in [0.1, 0.15) is 26.2 Å². The molecule has 4 nitrogen and oxygen atoms in total. The van der Waals surface area contributed by atoms with Gasteiger partial charge in [0.2, 0.25) is 5.91 Å². The molecule has 1 heterocycles. The van der Waals surface area contributed by atoms with Gasteiger partial charge in [-0.15, -0.1) is 0 Å². The first-order valence-electron chi connectivity index (χ1n) is 6.51. The smallest absolute Gasteiger partial charge is 0.370 e. The minimum atomic E-state index is -4.32. The zero-order valence-electron chi connectivity index (χ0n) is 11.1. The third-order valence-corrected chi connectivity index (χ3v) is 2.98. The van der Waals surface area contributed by atoms with Crippen molar-refractivity contribution in [3.8, 4) is 0 Å². The predicted octanol–water partition coefficient (Wildman–Crippen LogP) is 1.46. The molecule has 2 unspecified atom stereocenters. The van der Waals surface area contributed by atoms with Gasteiger partial charge in [0.1, 0.15) is 6.61 Å². The van der Waals surface area contributed by atoms with Gasteiger partial charge in [0.05, 0.1) is 6.61 Å². The van der Waals surface area contributed by atoms with Crippen molar-refractivity contribution in [1.82, 2.24) is 10.6 Å². The van der Waals surface area contributed by atoms with Crippen LogP contribution in [0.3, 0.4) is 0 Å². The molecular weight excluding hydrogens is 261 g/mol. The predicted molar refractivity (Wildman–Crippen MR) is 64.7 cm³/mol.